The van der Waals surface area contributed by atoms with E-state index in [0.29, 0.717) is 11.9 Å². The maximum atomic E-state index is 12.5. The molecule has 1 atom stereocenters. The first-order valence-corrected chi connectivity index (χ1v) is 7.00. The van der Waals surface area contributed by atoms with E-state index in [4.69, 9.17) is 14.6 Å². The van der Waals surface area contributed by atoms with Gasteiger partial charge in [0, 0.05) is 12.3 Å². The molecule has 0 spiro atoms. The fourth-order valence-electron chi connectivity index (χ4n) is 1.77. The van der Waals surface area contributed by atoms with Gasteiger partial charge in [0.05, 0.1) is 19.3 Å². The van der Waals surface area contributed by atoms with Crippen LogP contribution in [0.15, 0.2) is 42.6 Å². The summed E-state index contributed by atoms with van der Waals surface area (Å²) >= 11 is 0. The van der Waals surface area contributed by atoms with E-state index in [1.54, 1.807) is 0 Å². The highest BCUT2D eigenvalue weighted by atomic mass is 19.4. The van der Waals surface area contributed by atoms with Crippen molar-refractivity contribution in [1.82, 2.24) is 4.98 Å². The second-order valence-electron chi connectivity index (χ2n) is 4.77. The van der Waals surface area contributed by atoms with Gasteiger partial charge in [0.15, 0.2) is 0 Å². The molecule has 0 radical (unpaired) electrons. The van der Waals surface area contributed by atoms with Crippen LogP contribution in [0.25, 0.3) is 0 Å². The van der Waals surface area contributed by atoms with Crippen LogP contribution in [-0.2, 0) is 15.7 Å². The average Bonchev–Trinajstić information content (AvgIpc) is 2.60. The molecule has 6 nitrogen and oxygen atoms in total. The van der Waals surface area contributed by atoms with Crippen molar-refractivity contribution in [3.8, 4) is 17.4 Å². The van der Waals surface area contributed by atoms with Crippen molar-refractivity contribution < 1.29 is 37.3 Å². The lowest BCUT2D eigenvalue weighted by molar-refractivity contribution is -0.150. The number of alkyl halides is 3. The van der Waals surface area contributed by atoms with Gasteiger partial charge in [0.25, 0.3) is 0 Å². The fraction of sp³-hybridized carbons (Fsp3) is 0.250. The minimum absolute atomic E-state index is 0.00976. The summed E-state index contributed by atoms with van der Waals surface area (Å²) in [5.41, 5.74) is -0.874. The largest absolute Gasteiger partial charge is 0.476 e. The van der Waals surface area contributed by atoms with Gasteiger partial charge in [-0.3, -0.25) is 0 Å². The van der Waals surface area contributed by atoms with E-state index in [-0.39, 0.29) is 11.6 Å². The summed E-state index contributed by atoms with van der Waals surface area (Å²) in [6, 6.07) is 7.84. The van der Waals surface area contributed by atoms with Gasteiger partial charge >= 0.3 is 12.1 Å². The fourth-order valence-corrected chi connectivity index (χ4v) is 1.77. The van der Waals surface area contributed by atoms with Gasteiger partial charge in [-0.1, -0.05) is 0 Å². The number of esters is 1. The predicted molar refractivity (Wildman–Crippen MR) is 79.3 cm³/mol. The Labute approximate surface area is 140 Å². The molecule has 0 amide bonds. The molecule has 0 aliphatic carbocycles. The first-order valence-electron chi connectivity index (χ1n) is 7.00. The van der Waals surface area contributed by atoms with Gasteiger partial charge in [-0.25, -0.2) is 9.78 Å². The van der Waals surface area contributed by atoms with E-state index in [0.717, 1.165) is 12.1 Å². The van der Waals surface area contributed by atoms with Crippen LogP contribution in [0.2, 0.25) is 0 Å². The lowest BCUT2D eigenvalue weighted by Gasteiger charge is -2.14. The van der Waals surface area contributed by atoms with Crippen LogP contribution < -0.4 is 9.47 Å². The molecule has 0 bridgehead atoms. The normalized spacial score (nSPS) is 12.4. The number of pyridine rings is 1. The van der Waals surface area contributed by atoms with Crippen molar-refractivity contribution in [1.29, 1.82) is 0 Å². The van der Waals surface area contributed by atoms with Gasteiger partial charge in [-0.05, 0) is 30.3 Å². The van der Waals surface area contributed by atoms with Crippen LogP contribution in [-0.4, -0.2) is 35.9 Å². The number of methoxy groups -OCH3 is 1. The molecule has 0 aliphatic heterocycles. The van der Waals surface area contributed by atoms with E-state index in [9.17, 15) is 18.0 Å². The number of aliphatic hydroxyl groups is 1. The lowest BCUT2D eigenvalue weighted by atomic mass is 10.3. The van der Waals surface area contributed by atoms with Crippen molar-refractivity contribution in [3.63, 3.8) is 0 Å². The molecule has 1 aromatic heterocycles. The highest BCUT2D eigenvalue weighted by Gasteiger charge is 2.30. The number of benzene rings is 1. The van der Waals surface area contributed by atoms with Crippen LogP contribution >= 0.6 is 0 Å². The van der Waals surface area contributed by atoms with E-state index >= 15 is 0 Å². The van der Waals surface area contributed by atoms with Crippen LogP contribution in [0.4, 0.5) is 13.2 Å². The number of aliphatic hydroxyl groups excluding tert-OH is 1. The molecule has 1 heterocycles. The number of aromatic nitrogens is 1. The Morgan fingerprint density at radius 1 is 1.16 bits per heavy atom. The first-order chi connectivity index (χ1) is 11.8. The van der Waals surface area contributed by atoms with E-state index < -0.39 is 30.4 Å². The molecule has 0 fully saturated rings. The predicted octanol–water partition coefficient (Wildman–Crippen LogP) is 2.81. The second-order valence-corrected chi connectivity index (χ2v) is 4.77. The second kappa shape index (κ2) is 7.84. The zero-order chi connectivity index (χ0) is 18.4. The summed E-state index contributed by atoms with van der Waals surface area (Å²) in [5.74, 6) is -0.156. The number of hydrogen-bond donors (Lipinski definition) is 1. The number of ether oxygens (including phenoxy) is 3. The van der Waals surface area contributed by atoms with Gasteiger partial charge in [0.2, 0.25) is 12.0 Å². The maximum Gasteiger partial charge on any atom is 0.417 e. The summed E-state index contributed by atoms with van der Waals surface area (Å²) in [6.45, 7) is -0.555. The molecular weight excluding hydrogens is 343 g/mol. The van der Waals surface area contributed by atoms with Crippen molar-refractivity contribution in [2.24, 2.45) is 0 Å². The third-order valence-corrected chi connectivity index (χ3v) is 3.02. The molecule has 0 aliphatic rings. The van der Waals surface area contributed by atoms with E-state index in [1.165, 1.54) is 31.4 Å². The molecule has 0 saturated carbocycles. The summed E-state index contributed by atoms with van der Waals surface area (Å²) in [7, 11) is 1.17. The Bertz CT molecular complexity index is 701. The molecule has 134 valence electrons. The lowest BCUT2D eigenvalue weighted by Crippen LogP contribution is -2.32. The molecule has 1 unspecified atom stereocenters. The smallest absolute Gasteiger partial charge is 0.417 e. The van der Waals surface area contributed by atoms with E-state index in [2.05, 4.69) is 9.72 Å². The zero-order valence-electron chi connectivity index (χ0n) is 13.0. The summed E-state index contributed by atoms with van der Waals surface area (Å²) in [5, 5.41) is 9.08. The standard InChI is InChI=1S/C16H14F3NO5/c1-23-15(22)13(9-21)24-11-3-5-12(6-4-11)25-14-7-2-10(8-20-14)16(17,18)19/h2-8,13,21H,9H2,1H3. The minimum atomic E-state index is -4.46. The number of carbonyl (C=O) groups is 1. The Morgan fingerprint density at radius 2 is 1.80 bits per heavy atom. The van der Waals surface area contributed by atoms with Crippen molar-refractivity contribution in [2.45, 2.75) is 12.3 Å². The van der Waals surface area contributed by atoms with Gasteiger partial charge in [0.1, 0.15) is 11.5 Å². The summed E-state index contributed by atoms with van der Waals surface area (Å²) < 4.78 is 52.4. The topological polar surface area (TPSA) is 77.9 Å². The van der Waals surface area contributed by atoms with Crippen LogP contribution in [0.1, 0.15) is 5.56 Å². The molecule has 0 saturated heterocycles. The average molecular weight is 357 g/mol. The number of carbonyl (C=O) groups excluding carboxylic acids is 1. The van der Waals surface area contributed by atoms with Crippen LogP contribution in [0.3, 0.4) is 0 Å². The third kappa shape index (κ3) is 5.08. The number of halogens is 3. The molecular formula is C16H14F3NO5. The minimum Gasteiger partial charge on any atom is -0.476 e. The highest BCUT2D eigenvalue weighted by molar-refractivity contribution is 5.75. The molecule has 25 heavy (non-hydrogen) atoms. The number of hydrogen-bond acceptors (Lipinski definition) is 6. The molecule has 1 aromatic carbocycles. The quantitative estimate of drug-likeness (QED) is 0.801. The maximum absolute atomic E-state index is 12.5. The monoisotopic (exact) mass is 357 g/mol. The Balaban J connectivity index is 2.01. The summed E-state index contributed by atoms with van der Waals surface area (Å²) in [6.07, 6.45) is -4.95. The van der Waals surface area contributed by atoms with Crippen molar-refractivity contribution >= 4 is 5.97 Å². The van der Waals surface area contributed by atoms with Crippen LogP contribution in [0, 0.1) is 0 Å². The summed E-state index contributed by atoms with van der Waals surface area (Å²) in [4.78, 5) is 14.9. The van der Waals surface area contributed by atoms with Crippen molar-refractivity contribution in [3.05, 3.63) is 48.2 Å². The molecule has 2 rings (SSSR count). The molecule has 9 heteroatoms. The van der Waals surface area contributed by atoms with Gasteiger partial charge in [-0.15, -0.1) is 0 Å². The number of nitrogens with zero attached hydrogens (tertiary/aromatic N) is 1. The van der Waals surface area contributed by atoms with Gasteiger partial charge in [-0.2, -0.15) is 13.2 Å². The first kappa shape index (κ1) is 18.5. The SMILES string of the molecule is COC(=O)C(CO)Oc1ccc(Oc2ccc(C(F)(F)F)cn2)cc1. The third-order valence-electron chi connectivity index (χ3n) is 3.02. The number of rotatable bonds is 6. The Hall–Kier alpha value is -2.81. The van der Waals surface area contributed by atoms with E-state index in [1.807, 2.05) is 0 Å². The molecule has 1 N–H and O–H groups in total. The molecule has 2 aromatic rings. The zero-order valence-corrected chi connectivity index (χ0v) is 13.0. The Morgan fingerprint density at radius 3 is 2.28 bits per heavy atom. The Kier molecular flexibility index (Phi) is 5.81. The van der Waals surface area contributed by atoms with Crippen molar-refractivity contribution in [2.75, 3.05) is 13.7 Å². The van der Waals surface area contributed by atoms with Crippen LogP contribution in [0.5, 0.6) is 17.4 Å². The van der Waals surface area contributed by atoms with Gasteiger partial charge < -0.3 is 19.3 Å². The highest BCUT2D eigenvalue weighted by Crippen LogP contribution is 2.30.